The van der Waals surface area contributed by atoms with Crippen molar-refractivity contribution in [1.29, 1.82) is 0 Å². The molecule has 19 heavy (non-hydrogen) atoms. The van der Waals surface area contributed by atoms with Crippen LogP contribution in [0.25, 0.3) is 0 Å². The van der Waals surface area contributed by atoms with E-state index in [1.807, 2.05) is 25.1 Å². The van der Waals surface area contributed by atoms with Gasteiger partial charge in [0.05, 0.1) is 11.6 Å². The molecule has 0 aromatic carbocycles. The van der Waals surface area contributed by atoms with Crippen LogP contribution in [-0.4, -0.2) is 34.0 Å². The summed E-state index contributed by atoms with van der Waals surface area (Å²) in [4.78, 5) is 18.1. The molecule has 4 nitrogen and oxygen atoms in total. The Bertz CT molecular complexity index is 485. The lowest BCUT2D eigenvalue weighted by Crippen LogP contribution is -2.24. The summed E-state index contributed by atoms with van der Waals surface area (Å²) in [5.74, 6) is 0.188. The molecular weight excluding hydrogens is 240 g/mol. The molecule has 1 aromatic heterocycles. The molecule has 0 unspecified atom stereocenters. The number of hydrogen-bond donors (Lipinski definition) is 1. The SMILES string of the molecule is Cc1cccc(CN2C[C@@H](C(=O)O)[C@H](C3CC3)C2)n1. The first kappa shape index (κ1) is 12.6. The number of aromatic nitrogens is 1. The van der Waals surface area contributed by atoms with Crippen LogP contribution in [0.4, 0.5) is 0 Å². The third-order valence-electron chi connectivity index (χ3n) is 4.32. The number of aliphatic carboxylic acids is 1. The van der Waals surface area contributed by atoms with Gasteiger partial charge in [-0.15, -0.1) is 0 Å². The molecule has 1 N–H and O–H groups in total. The van der Waals surface area contributed by atoms with Crippen LogP contribution in [-0.2, 0) is 11.3 Å². The Kier molecular flexibility index (Phi) is 3.27. The predicted octanol–water partition coefficient (Wildman–Crippen LogP) is 1.93. The number of pyridine rings is 1. The van der Waals surface area contributed by atoms with E-state index in [9.17, 15) is 9.90 Å². The van der Waals surface area contributed by atoms with Crippen molar-refractivity contribution >= 4 is 5.97 Å². The fourth-order valence-electron chi connectivity index (χ4n) is 3.22. The first-order chi connectivity index (χ1) is 9.13. The van der Waals surface area contributed by atoms with Crippen LogP contribution in [0.1, 0.15) is 24.2 Å². The Morgan fingerprint density at radius 1 is 1.42 bits per heavy atom. The average molecular weight is 260 g/mol. The molecular formula is C15H20N2O2. The molecule has 1 aromatic rings. The van der Waals surface area contributed by atoms with E-state index in [4.69, 9.17) is 0 Å². The lowest BCUT2D eigenvalue weighted by Gasteiger charge is -2.15. The molecule has 2 atom stereocenters. The Morgan fingerprint density at radius 3 is 2.84 bits per heavy atom. The van der Waals surface area contributed by atoms with Crippen molar-refractivity contribution in [2.24, 2.45) is 17.8 Å². The summed E-state index contributed by atoms with van der Waals surface area (Å²) in [6.07, 6.45) is 2.43. The van der Waals surface area contributed by atoms with Gasteiger partial charge in [-0.05, 0) is 43.7 Å². The summed E-state index contributed by atoms with van der Waals surface area (Å²) in [5, 5.41) is 9.35. The Morgan fingerprint density at radius 2 is 2.21 bits per heavy atom. The third kappa shape index (κ3) is 2.78. The van der Waals surface area contributed by atoms with Crippen LogP contribution in [0.2, 0.25) is 0 Å². The van der Waals surface area contributed by atoms with Crippen molar-refractivity contribution in [1.82, 2.24) is 9.88 Å². The molecule has 1 saturated carbocycles. The summed E-state index contributed by atoms with van der Waals surface area (Å²) in [7, 11) is 0. The minimum atomic E-state index is -0.628. The van der Waals surface area contributed by atoms with Gasteiger partial charge < -0.3 is 5.11 Å². The van der Waals surface area contributed by atoms with Gasteiger partial charge in [0.2, 0.25) is 0 Å². The molecule has 1 aliphatic heterocycles. The number of nitrogens with zero attached hydrogens (tertiary/aromatic N) is 2. The van der Waals surface area contributed by atoms with Crippen LogP contribution in [0.15, 0.2) is 18.2 Å². The van der Waals surface area contributed by atoms with Crippen molar-refractivity contribution in [3.8, 4) is 0 Å². The lowest BCUT2D eigenvalue weighted by atomic mass is 9.92. The minimum absolute atomic E-state index is 0.183. The number of carbonyl (C=O) groups is 1. The van der Waals surface area contributed by atoms with Crippen molar-refractivity contribution in [3.63, 3.8) is 0 Å². The largest absolute Gasteiger partial charge is 0.481 e. The first-order valence-corrected chi connectivity index (χ1v) is 7.01. The first-order valence-electron chi connectivity index (χ1n) is 7.01. The summed E-state index contributed by atoms with van der Waals surface area (Å²) in [6, 6.07) is 6.02. The van der Waals surface area contributed by atoms with E-state index in [1.54, 1.807) is 0 Å². The molecule has 2 heterocycles. The molecule has 2 aliphatic rings. The smallest absolute Gasteiger partial charge is 0.308 e. The van der Waals surface area contributed by atoms with Crippen LogP contribution in [0.5, 0.6) is 0 Å². The molecule has 0 spiro atoms. The summed E-state index contributed by atoms with van der Waals surface area (Å²) < 4.78 is 0. The van der Waals surface area contributed by atoms with E-state index >= 15 is 0 Å². The maximum Gasteiger partial charge on any atom is 0.308 e. The zero-order valence-corrected chi connectivity index (χ0v) is 11.2. The van der Waals surface area contributed by atoms with Gasteiger partial charge in [0, 0.05) is 25.3 Å². The van der Waals surface area contributed by atoms with Crippen LogP contribution in [0, 0.1) is 24.7 Å². The highest BCUT2D eigenvalue weighted by Crippen LogP contribution is 2.44. The van der Waals surface area contributed by atoms with Crippen LogP contribution >= 0.6 is 0 Å². The van der Waals surface area contributed by atoms with E-state index in [1.165, 1.54) is 12.8 Å². The number of likely N-dealkylation sites (tertiary alicyclic amines) is 1. The Labute approximate surface area is 113 Å². The second-order valence-electron chi connectivity index (χ2n) is 5.91. The van der Waals surface area contributed by atoms with Crippen molar-refractivity contribution in [2.75, 3.05) is 13.1 Å². The predicted molar refractivity (Wildman–Crippen MR) is 71.6 cm³/mol. The highest BCUT2D eigenvalue weighted by molar-refractivity contribution is 5.71. The maximum absolute atomic E-state index is 11.4. The number of hydrogen-bond acceptors (Lipinski definition) is 3. The summed E-state index contributed by atoms with van der Waals surface area (Å²) in [6.45, 7) is 4.35. The summed E-state index contributed by atoms with van der Waals surface area (Å²) >= 11 is 0. The van der Waals surface area contributed by atoms with Crippen LogP contribution in [0.3, 0.4) is 0 Å². The standard InChI is InChI=1S/C15H20N2O2/c1-10-3-2-4-12(16-10)7-17-8-13(11-5-6-11)14(9-17)15(18)19/h2-4,11,13-14H,5-9H2,1H3,(H,18,19)/t13-,14+/m0/s1. The quantitative estimate of drug-likeness (QED) is 0.898. The van der Waals surface area contributed by atoms with Gasteiger partial charge in [0.15, 0.2) is 0 Å². The molecule has 2 fully saturated rings. The average Bonchev–Trinajstić information content (AvgIpc) is 3.11. The second-order valence-corrected chi connectivity index (χ2v) is 5.91. The van der Waals surface area contributed by atoms with Gasteiger partial charge in [-0.25, -0.2) is 0 Å². The highest BCUT2D eigenvalue weighted by Gasteiger charge is 2.45. The normalized spacial score (nSPS) is 27.6. The van der Waals surface area contributed by atoms with Gasteiger partial charge in [0.1, 0.15) is 0 Å². The molecule has 3 rings (SSSR count). The van der Waals surface area contributed by atoms with E-state index < -0.39 is 5.97 Å². The topological polar surface area (TPSA) is 53.4 Å². The highest BCUT2D eigenvalue weighted by atomic mass is 16.4. The fraction of sp³-hybridized carbons (Fsp3) is 0.600. The zero-order valence-electron chi connectivity index (χ0n) is 11.2. The van der Waals surface area contributed by atoms with E-state index in [0.717, 1.165) is 24.5 Å². The van der Waals surface area contributed by atoms with Crippen molar-refractivity contribution < 1.29 is 9.90 Å². The minimum Gasteiger partial charge on any atom is -0.481 e. The van der Waals surface area contributed by atoms with Gasteiger partial charge >= 0.3 is 5.97 Å². The van der Waals surface area contributed by atoms with Gasteiger partial charge in [-0.1, -0.05) is 6.07 Å². The number of rotatable bonds is 4. The number of aryl methyl sites for hydroxylation is 1. The van der Waals surface area contributed by atoms with Gasteiger partial charge in [-0.3, -0.25) is 14.7 Å². The summed E-state index contributed by atoms with van der Waals surface area (Å²) in [5.41, 5.74) is 2.06. The van der Waals surface area contributed by atoms with E-state index in [0.29, 0.717) is 18.4 Å². The molecule has 0 radical (unpaired) electrons. The molecule has 4 heteroatoms. The van der Waals surface area contributed by atoms with Crippen molar-refractivity contribution in [2.45, 2.75) is 26.3 Å². The Balaban J connectivity index is 1.68. The Hall–Kier alpha value is -1.42. The fourth-order valence-corrected chi connectivity index (χ4v) is 3.22. The van der Waals surface area contributed by atoms with E-state index in [2.05, 4.69) is 9.88 Å². The number of carboxylic acids is 1. The van der Waals surface area contributed by atoms with Crippen LogP contribution < -0.4 is 0 Å². The third-order valence-corrected chi connectivity index (χ3v) is 4.32. The molecule has 1 saturated heterocycles. The lowest BCUT2D eigenvalue weighted by molar-refractivity contribution is -0.142. The number of carboxylic acid groups (broad SMARTS) is 1. The zero-order chi connectivity index (χ0) is 13.4. The van der Waals surface area contributed by atoms with E-state index in [-0.39, 0.29) is 5.92 Å². The van der Waals surface area contributed by atoms with Gasteiger partial charge in [0.25, 0.3) is 0 Å². The second kappa shape index (κ2) is 4.93. The molecule has 1 aliphatic carbocycles. The molecule has 0 bridgehead atoms. The molecule has 0 amide bonds. The monoisotopic (exact) mass is 260 g/mol. The maximum atomic E-state index is 11.4. The molecule has 102 valence electrons. The van der Waals surface area contributed by atoms with Crippen molar-refractivity contribution in [3.05, 3.63) is 29.6 Å². The van der Waals surface area contributed by atoms with Gasteiger partial charge in [-0.2, -0.15) is 0 Å².